The summed E-state index contributed by atoms with van der Waals surface area (Å²) in [5, 5.41) is 8.63. The molecule has 0 spiro atoms. The van der Waals surface area contributed by atoms with Crippen LogP contribution in [0.1, 0.15) is 39.5 Å². The molecule has 0 saturated heterocycles. The molecule has 4 nitrogen and oxygen atoms in total. The first-order chi connectivity index (χ1) is 9.20. The highest BCUT2D eigenvalue weighted by Gasteiger charge is 2.00. The van der Waals surface area contributed by atoms with Crippen molar-refractivity contribution in [2.24, 2.45) is 0 Å². The Morgan fingerprint density at radius 1 is 1.00 bits per heavy atom. The molecule has 0 aliphatic heterocycles. The van der Waals surface area contributed by atoms with Crippen molar-refractivity contribution < 1.29 is 19.4 Å². The van der Waals surface area contributed by atoms with Crippen LogP contribution in [0.4, 0.5) is 4.79 Å². The number of para-hydroxylation sites is 1. The summed E-state index contributed by atoms with van der Waals surface area (Å²) in [5.41, 5.74) is 0. The van der Waals surface area contributed by atoms with Gasteiger partial charge >= 0.3 is 6.16 Å². The molecule has 0 bridgehead atoms. The Balaban J connectivity index is 0.000000388. The molecule has 0 fully saturated rings. The van der Waals surface area contributed by atoms with E-state index in [1.165, 1.54) is 0 Å². The zero-order chi connectivity index (χ0) is 14.3. The molecule has 0 saturated carbocycles. The Kier molecular flexibility index (Phi) is 11.6. The van der Waals surface area contributed by atoms with E-state index in [4.69, 9.17) is 14.6 Å². The summed E-state index contributed by atoms with van der Waals surface area (Å²) in [6.45, 7) is 5.04. The van der Waals surface area contributed by atoms with Crippen LogP contribution in [0.25, 0.3) is 0 Å². The van der Waals surface area contributed by atoms with Crippen LogP contribution in [-0.4, -0.2) is 24.5 Å². The Morgan fingerprint density at radius 3 is 1.79 bits per heavy atom. The van der Waals surface area contributed by atoms with Crippen LogP contribution in [0, 0.1) is 0 Å². The average molecular weight is 268 g/mol. The van der Waals surface area contributed by atoms with Crippen molar-refractivity contribution in [1.29, 1.82) is 0 Å². The standard InChI is InChI=1S/C9H18O3.C6H6O/c1-3-5-7-11-9(10)12-8-6-4-2;7-6-4-2-1-3-5-6/h3-8H2,1-2H3;1-5,7H. The zero-order valence-corrected chi connectivity index (χ0v) is 11.8. The van der Waals surface area contributed by atoms with Crippen LogP contribution >= 0.6 is 0 Å². The molecule has 1 aromatic rings. The van der Waals surface area contributed by atoms with E-state index in [9.17, 15) is 4.79 Å². The molecule has 0 aliphatic carbocycles. The molecule has 0 aliphatic rings. The molecule has 0 aromatic heterocycles. The number of carbonyl (C=O) groups excluding carboxylic acids is 1. The summed E-state index contributed by atoms with van der Waals surface area (Å²) in [7, 11) is 0. The summed E-state index contributed by atoms with van der Waals surface area (Å²) in [6.07, 6.45) is 3.34. The number of phenolic OH excluding ortho intramolecular Hbond substituents is 1. The second-order valence-corrected chi connectivity index (χ2v) is 3.99. The topological polar surface area (TPSA) is 55.8 Å². The highest BCUT2D eigenvalue weighted by atomic mass is 16.7. The van der Waals surface area contributed by atoms with Gasteiger partial charge in [0.1, 0.15) is 5.75 Å². The lowest BCUT2D eigenvalue weighted by Gasteiger charge is -2.04. The second kappa shape index (κ2) is 12.7. The average Bonchev–Trinajstić information content (AvgIpc) is 2.41. The lowest BCUT2D eigenvalue weighted by Crippen LogP contribution is -2.09. The molecule has 19 heavy (non-hydrogen) atoms. The third-order valence-corrected chi connectivity index (χ3v) is 2.19. The number of hydrogen-bond acceptors (Lipinski definition) is 4. The molecule has 0 unspecified atom stereocenters. The van der Waals surface area contributed by atoms with E-state index in [1.54, 1.807) is 24.3 Å². The van der Waals surface area contributed by atoms with E-state index < -0.39 is 6.16 Å². The summed E-state index contributed by atoms with van der Waals surface area (Å²) in [4.78, 5) is 10.7. The fourth-order valence-electron chi connectivity index (χ4n) is 1.07. The molecular formula is C15H24O4. The van der Waals surface area contributed by atoms with E-state index >= 15 is 0 Å². The number of carbonyl (C=O) groups is 1. The molecule has 4 heteroatoms. The van der Waals surface area contributed by atoms with Crippen LogP contribution in [0.5, 0.6) is 5.75 Å². The van der Waals surface area contributed by atoms with Gasteiger partial charge in [0, 0.05) is 0 Å². The molecular weight excluding hydrogens is 244 g/mol. The number of aromatic hydroxyl groups is 1. The van der Waals surface area contributed by atoms with Crippen molar-refractivity contribution in [3.63, 3.8) is 0 Å². The van der Waals surface area contributed by atoms with Gasteiger partial charge in [-0.2, -0.15) is 0 Å². The number of benzene rings is 1. The van der Waals surface area contributed by atoms with Crippen LogP contribution in [0.2, 0.25) is 0 Å². The van der Waals surface area contributed by atoms with Crippen molar-refractivity contribution >= 4 is 6.16 Å². The van der Waals surface area contributed by atoms with E-state index in [0.29, 0.717) is 19.0 Å². The maximum Gasteiger partial charge on any atom is 0.508 e. The quantitative estimate of drug-likeness (QED) is 0.622. The SMILES string of the molecule is CCCCOC(=O)OCCCC.Oc1ccccc1. The third kappa shape index (κ3) is 12.5. The van der Waals surface area contributed by atoms with Crippen LogP contribution in [0.15, 0.2) is 30.3 Å². The van der Waals surface area contributed by atoms with Gasteiger partial charge in [0.05, 0.1) is 13.2 Å². The van der Waals surface area contributed by atoms with Gasteiger partial charge in [0.25, 0.3) is 0 Å². The number of hydrogen-bond donors (Lipinski definition) is 1. The predicted molar refractivity (Wildman–Crippen MR) is 75.2 cm³/mol. The van der Waals surface area contributed by atoms with Crippen molar-refractivity contribution in [3.8, 4) is 5.75 Å². The Labute approximate surface area is 115 Å². The van der Waals surface area contributed by atoms with Gasteiger partial charge in [-0.25, -0.2) is 4.79 Å². The summed E-state index contributed by atoms with van der Waals surface area (Å²) in [5.74, 6) is 0.322. The lowest BCUT2D eigenvalue weighted by atomic mass is 10.3. The smallest absolute Gasteiger partial charge is 0.508 e. The highest BCUT2D eigenvalue weighted by Crippen LogP contribution is 2.02. The normalized spacial score (nSPS) is 9.16. The Bertz CT molecular complexity index is 299. The fraction of sp³-hybridized carbons (Fsp3) is 0.533. The fourth-order valence-corrected chi connectivity index (χ4v) is 1.07. The molecule has 1 aromatic carbocycles. The van der Waals surface area contributed by atoms with Crippen molar-refractivity contribution in [2.75, 3.05) is 13.2 Å². The van der Waals surface area contributed by atoms with Crippen LogP contribution in [-0.2, 0) is 9.47 Å². The van der Waals surface area contributed by atoms with Gasteiger partial charge < -0.3 is 14.6 Å². The molecule has 0 atom stereocenters. The molecule has 1 N–H and O–H groups in total. The van der Waals surface area contributed by atoms with E-state index in [-0.39, 0.29) is 0 Å². The predicted octanol–water partition coefficient (Wildman–Crippen LogP) is 4.13. The minimum atomic E-state index is -0.531. The molecule has 108 valence electrons. The largest absolute Gasteiger partial charge is 0.508 e. The van der Waals surface area contributed by atoms with Gasteiger partial charge in [-0.1, -0.05) is 44.9 Å². The maximum atomic E-state index is 10.7. The van der Waals surface area contributed by atoms with E-state index in [1.807, 2.05) is 19.9 Å². The molecule has 1 rings (SSSR count). The van der Waals surface area contributed by atoms with Crippen molar-refractivity contribution in [2.45, 2.75) is 39.5 Å². The van der Waals surface area contributed by atoms with Crippen molar-refractivity contribution in [3.05, 3.63) is 30.3 Å². The van der Waals surface area contributed by atoms with E-state index in [2.05, 4.69) is 0 Å². The highest BCUT2D eigenvalue weighted by molar-refractivity contribution is 5.59. The number of ether oxygens (including phenoxy) is 2. The molecule has 0 amide bonds. The van der Waals surface area contributed by atoms with E-state index in [0.717, 1.165) is 25.7 Å². The summed E-state index contributed by atoms with van der Waals surface area (Å²) < 4.78 is 9.54. The molecule has 0 heterocycles. The summed E-state index contributed by atoms with van der Waals surface area (Å²) >= 11 is 0. The minimum Gasteiger partial charge on any atom is -0.508 e. The second-order valence-electron chi connectivity index (χ2n) is 3.99. The number of phenols is 1. The van der Waals surface area contributed by atoms with Crippen molar-refractivity contribution in [1.82, 2.24) is 0 Å². The first kappa shape index (κ1) is 17.3. The monoisotopic (exact) mass is 268 g/mol. The Morgan fingerprint density at radius 2 is 1.47 bits per heavy atom. The van der Waals surface area contributed by atoms with Gasteiger partial charge in [-0.15, -0.1) is 0 Å². The lowest BCUT2D eigenvalue weighted by molar-refractivity contribution is 0.0536. The first-order valence-electron chi connectivity index (χ1n) is 6.74. The van der Waals surface area contributed by atoms with Crippen LogP contribution in [0.3, 0.4) is 0 Å². The van der Waals surface area contributed by atoms with Gasteiger partial charge in [-0.3, -0.25) is 0 Å². The third-order valence-electron chi connectivity index (χ3n) is 2.19. The summed E-state index contributed by atoms with van der Waals surface area (Å²) in [6, 6.07) is 8.71. The number of unbranched alkanes of at least 4 members (excludes halogenated alkanes) is 2. The first-order valence-corrected chi connectivity index (χ1v) is 6.74. The minimum absolute atomic E-state index is 0.322. The number of rotatable bonds is 6. The van der Waals surface area contributed by atoms with Gasteiger partial charge in [0.15, 0.2) is 0 Å². The van der Waals surface area contributed by atoms with Crippen LogP contribution < -0.4 is 0 Å². The molecule has 0 radical (unpaired) electrons. The van der Waals surface area contributed by atoms with Gasteiger partial charge in [0.2, 0.25) is 0 Å². The maximum absolute atomic E-state index is 10.7. The van der Waals surface area contributed by atoms with Gasteiger partial charge in [-0.05, 0) is 25.0 Å². The zero-order valence-electron chi connectivity index (χ0n) is 11.8. The Hall–Kier alpha value is -1.71.